The van der Waals surface area contributed by atoms with E-state index in [1.54, 1.807) is 0 Å². The van der Waals surface area contributed by atoms with Gasteiger partial charge >= 0.3 is 0 Å². The number of fused-ring (bicyclic) bond motifs is 1. The van der Waals surface area contributed by atoms with Crippen LogP contribution in [0.15, 0.2) is 24.3 Å². The molecule has 0 aliphatic carbocycles. The summed E-state index contributed by atoms with van der Waals surface area (Å²) in [5.74, 6) is 1.66. The molecule has 1 saturated heterocycles. The zero-order valence-electron chi connectivity index (χ0n) is 9.32. The molecule has 3 rings (SSSR count). The molecule has 2 aliphatic rings. The predicted octanol–water partition coefficient (Wildman–Crippen LogP) is 2.29. The first-order chi connectivity index (χ1) is 7.93. The number of hydrogen-bond acceptors (Lipinski definition) is 3. The minimum atomic E-state index is 0.443. The average Bonchev–Trinajstić information content (AvgIpc) is 2.39. The Labute approximate surface area is 95.8 Å². The number of para-hydroxylation sites is 2. The second-order valence-corrected chi connectivity index (χ2v) is 4.51. The van der Waals surface area contributed by atoms with Crippen molar-refractivity contribution in [1.82, 2.24) is 0 Å². The maximum absolute atomic E-state index is 5.79. The van der Waals surface area contributed by atoms with Gasteiger partial charge in [0.2, 0.25) is 0 Å². The highest BCUT2D eigenvalue weighted by Crippen LogP contribution is 2.32. The third-order valence-electron chi connectivity index (χ3n) is 3.48. The second kappa shape index (κ2) is 4.34. The van der Waals surface area contributed by atoms with Crippen LogP contribution >= 0.6 is 0 Å². The molecule has 2 heterocycles. The van der Waals surface area contributed by atoms with E-state index in [9.17, 15) is 0 Å². The number of hydrogen-bond donors (Lipinski definition) is 1. The van der Waals surface area contributed by atoms with Gasteiger partial charge in [-0.3, -0.25) is 0 Å². The first-order valence-corrected chi connectivity index (χ1v) is 5.99. The summed E-state index contributed by atoms with van der Waals surface area (Å²) in [7, 11) is 0. The summed E-state index contributed by atoms with van der Waals surface area (Å²) in [6.07, 6.45) is 2.28. The minimum absolute atomic E-state index is 0.443. The van der Waals surface area contributed by atoms with Crippen LogP contribution in [-0.4, -0.2) is 25.9 Å². The molecule has 3 nitrogen and oxygen atoms in total. The van der Waals surface area contributed by atoms with E-state index >= 15 is 0 Å². The summed E-state index contributed by atoms with van der Waals surface area (Å²) in [6, 6.07) is 8.60. The van der Waals surface area contributed by atoms with Crippen LogP contribution < -0.4 is 10.1 Å². The van der Waals surface area contributed by atoms with Crippen molar-refractivity contribution in [3.63, 3.8) is 0 Å². The van der Waals surface area contributed by atoms with Crippen LogP contribution in [0.3, 0.4) is 0 Å². The van der Waals surface area contributed by atoms with Gasteiger partial charge in [0.15, 0.2) is 0 Å². The zero-order chi connectivity index (χ0) is 10.8. The van der Waals surface area contributed by atoms with Crippen LogP contribution in [0.5, 0.6) is 5.75 Å². The van der Waals surface area contributed by atoms with Crippen LogP contribution in [0.2, 0.25) is 0 Å². The maximum Gasteiger partial charge on any atom is 0.142 e. The van der Waals surface area contributed by atoms with Gasteiger partial charge in [-0.05, 0) is 30.9 Å². The van der Waals surface area contributed by atoms with Crippen molar-refractivity contribution in [2.45, 2.75) is 18.9 Å². The number of rotatable bonds is 1. The lowest BCUT2D eigenvalue weighted by Crippen LogP contribution is -2.40. The molecule has 0 radical (unpaired) electrons. The summed E-state index contributed by atoms with van der Waals surface area (Å²) in [5, 5.41) is 3.59. The van der Waals surface area contributed by atoms with E-state index in [1.807, 2.05) is 18.2 Å². The van der Waals surface area contributed by atoms with Crippen molar-refractivity contribution in [2.75, 3.05) is 25.1 Å². The molecule has 1 atom stereocenters. The fourth-order valence-corrected chi connectivity index (χ4v) is 2.50. The van der Waals surface area contributed by atoms with Crippen LogP contribution in [0.4, 0.5) is 5.69 Å². The van der Waals surface area contributed by atoms with Gasteiger partial charge < -0.3 is 14.8 Å². The van der Waals surface area contributed by atoms with E-state index in [1.165, 1.54) is 0 Å². The Kier molecular flexibility index (Phi) is 2.70. The van der Waals surface area contributed by atoms with Crippen molar-refractivity contribution in [3.8, 4) is 5.75 Å². The Morgan fingerprint density at radius 1 is 1.12 bits per heavy atom. The van der Waals surface area contributed by atoms with E-state index in [-0.39, 0.29) is 0 Å². The van der Waals surface area contributed by atoms with Crippen LogP contribution in [0, 0.1) is 5.92 Å². The molecule has 0 amide bonds. The molecule has 2 aliphatic heterocycles. The van der Waals surface area contributed by atoms with Crippen molar-refractivity contribution in [3.05, 3.63) is 24.3 Å². The SMILES string of the molecule is c1ccc2c(c1)NC(C1CCOCC1)CO2. The quantitative estimate of drug-likeness (QED) is 0.786. The summed E-state index contributed by atoms with van der Waals surface area (Å²) in [6.45, 7) is 2.57. The van der Waals surface area contributed by atoms with Crippen molar-refractivity contribution < 1.29 is 9.47 Å². The van der Waals surface area contributed by atoms with E-state index in [4.69, 9.17) is 9.47 Å². The van der Waals surface area contributed by atoms with Crippen molar-refractivity contribution >= 4 is 5.69 Å². The van der Waals surface area contributed by atoms with Crippen molar-refractivity contribution in [1.29, 1.82) is 0 Å². The highest BCUT2D eigenvalue weighted by atomic mass is 16.5. The topological polar surface area (TPSA) is 30.5 Å². The molecule has 16 heavy (non-hydrogen) atoms. The minimum Gasteiger partial charge on any atom is -0.489 e. The van der Waals surface area contributed by atoms with Gasteiger partial charge in [-0.1, -0.05) is 12.1 Å². The average molecular weight is 219 g/mol. The second-order valence-electron chi connectivity index (χ2n) is 4.51. The summed E-state index contributed by atoms with van der Waals surface area (Å²) in [5.41, 5.74) is 1.13. The van der Waals surface area contributed by atoms with Gasteiger partial charge in [-0.2, -0.15) is 0 Å². The standard InChI is InChI=1S/C13H17NO2/c1-2-4-13-11(3-1)14-12(9-16-13)10-5-7-15-8-6-10/h1-4,10,12,14H,5-9H2. The summed E-state index contributed by atoms with van der Waals surface area (Å²) < 4.78 is 11.2. The molecule has 86 valence electrons. The van der Waals surface area contributed by atoms with E-state index in [0.717, 1.165) is 44.1 Å². The summed E-state index contributed by atoms with van der Waals surface area (Å²) >= 11 is 0. The van der Waals surface area contributed by atoms with Gasteiger partial charge in [-0.25, -0.2) is 0 Å². The molecule has 0 bridgehead atoms. The smallest absolute Gasteiger partial charge is 0.142 e. The molecular weight excluding hydrogens is 202 g/mol. The third kappa shape index (κ3) is 1.87. The first kappa shape index (κ1) is 9.97. The molecule has 1 N–H and O–H groups in total. The highest BCUT2D eigenvalue weighted by Gasteiger charge is 2.27. The fraction of sp³-hybridized carbons (Fsp3) is 0.538. The molecule has 0 aromatic heterocycles. The lowest BCUT2D eigenvalue weighted by molar-refractivity contribution is 0.0536. The monoisotopic (exact) mass is 219 g/mol. The Morgan fingerprint density at radius 2 is 1.94 bits per heavy atom. The van der Waals surface area contributed by atoms with Crippen LogP contribution in [-0.2, 0) is 4.74 Å². The van der Waals surface area contributed by atoms with Gasteiger partial charge in [0.25, 0.3) is 0 Å². The molecule has 1 fully saturated rings. The number of ether oxygens (including phenoxy) is 2. The van der Waals surface area contributed by atoms with Gasteiger partial charge in [-0.15, -0.1) is 0 Å². The van der Waals surface area contributed by atoms with Crippen LogP contribution in [0.1, 0.15) is 12.8 Å². The number of benzene rings is 1. The fourth-order valence-electron chi connectivity index (χ4n) is 2.50. The van der Waals surface area contributed by atoms with E-state index in [0.29, 0.717) is 12.0 Å². The van der Waals surface area contributed by atoms with Gasteiger partial charge in [0.1, 0.15) is 12.4 Å². The largest absolute Gasteiger partial charge is 0.489 e. The molecular formula is C13H17NO2. The lowest BCUT2D eigenvalue weighted by atomic mass is 9.91. The van der Waals surface area contributed by atoms with Crippen LogP contribution in [0.25, 0.3) is 0 Å². The molecule has 0 saturated carbocycles. The lowest BCUT2D eigenvalue weighted by Gasteiger charge is -2.35. The zero-order valence-corrected chi connectivity index (χ0v) is 9.32. The number of nitrogens with one attached hydrogen (secondary N) is 1. The maximum atomic E-state index is 5.79. The molecule has 1 aromatic rings. The summed E-state index contributed by atoms with van der Waals surface area (Å²) in [4.78, 5) is 0. The Morgan fingerprint density at radius 3 is 2.81 bits per heavy atom. The molecule has 1 unspecified atom stereocenters. The first-order valence-electron chi connectivity index (χ1n) is 5.99. The Hall–Kier alpha value is -1.22. The van der Waals surface area contributed by atoms with E-state index < -0.39 is 0 Å². The van der Waals surface area contributed by atoms with Gasteiger partial charge in [0.05, 0.1) is 11.7 Å². The predicted molar refractivity (Wildman–Crippen MR) is 62.9 cm³/mol. The molecule has 0 spiro atoms. The highest BCUT2D eigenvalue weighted by molar-refractivity contribution is 5.58. The Balaban J connectivity index is 1.72. The van der Waals surface area contributed by atoms with Crippen molar-refractivity contribution in [2.24, 2.45) is 5.92 Å². The van der Waals surface area contributed by atoms with Gasteiger partial charge in [0, 0.05) is 13.2 Å². The third-order valence-corrected chi connectivity index (χ3v) is 3.48. The Bertz CT molecular complexity index is 361. The molecule has 3 heteroatoms. The molecule has 1 aromatic carbocycles. The van der Waals surface area contributed by atoms with E-state index in [2.05, 4.69) is 11.4 Å². The number of anilines is 1. The normalized spacial score (nSPS) is 25.4.